The smallest absolute Gasteiger partial charge is 0.224 e. The molecular weight excluding hydrogens is 342 g/mol. The number of carbonyl (C=O) groups is 2. The van der Waals surface area contributed by atoms with E-state index in [0.717, 1.165) is 34.8 Å². The van der Waals surface area contributed by atoms with Gasteiger partial charge >= 0.3 is 0 Å². The van der Waals surface area contributed by atoms with Crippen molar-refractivity contribution in [2.75, 3.05) is 22.6 Å². The van der Waals surface area contributed by atoms with Crippen LogP contribution in [0.5, 0.6) is 5.75 Å². The van der Waals surface area contributed by atoms with Gasteiger partial charge in [-0.15, -0.1) is 0 Å². The van der Waals surface area contributed by atoms with Crippen LogP contribution in [0, 0.1) is 0 Å². The molecule has 0 saturated heterocycles. The lowest BCUT2D eigenvalue weighted by Gasteiger charge is -2.39. The predicted octanol–water partition coefficient (Wildman–Crippen LogP) is 3.95. The van der Waals surface area contributed by atoms with E-state index in [1.165, 1.54) is 6.92 Å². The van der Waals surface area contributed by atoms with E-state index in [2.05, 4.69) is 17.6 Å². The number of hydrogen-bond acceptors (Lipinski definition) is 4. The predicted molar refractivity (Wildman–Crippen MR) is 107 cm³/mol. The molecule has 6 nitrogen and oxygen atoms in total. The second kappa shape index (κ2) is 7.70. The van der Waals surface area contributed by atoms with E-state index in [1.54, 1.807) is 14.0 Å². The van der Waals surface area contributed by atoms with Gasteiger partial charge in [0.05, 0.1) is 13.2 Å². The molecular formula is C21H25N3O3. The van der Waals surface area contributed by atoms with Gasteiger partial charge in [-0.25, -0.2) is 0 Å². The van der Waals surface area contributed by atoms with Crippen LogP contribution >= 0.6 is 0 Å². The van der Waals surface area contributed by atoms with Crippen molar-refractivity contribution in [1.82, 2.24) is 0 Å². The summed E-state index contributed by atoms with van der Waals surface area (Å²) in [7, 11) is 1.64. The summed E-state index contributed by atoms with van der Waals surface area (Å²) in [5.41, 5.74) is 3.66. The van der Waals surface area contributed by atoms with Gasteiger partial charge in [0, 0.05) is 42.5 Å². The standard InChI is InChI=1S/C21H25N3O3/c1-13-11-20(23-17-7-5-16(6-8-17)22-14(2)25)19-12-18(27-4)9-10-21(19)24(13)15(3)26/h5-10,12-13,20,23H,11H2,1-4H3,(H,22,25). The molecule has 0 bridgehead atoms. The zero-order valence-electron chi connectivity index (χ0n) is 16.1. The second-order valence-electron chi connectivity index (χ2n) is 6.85. The van der Waals surface area contributed by atoms with Gasteiger partial charge in [0.2, 0.25) is 11.8 Å². The molecule has 6 heteroatoms. The summed E-state index contributed by atoms with van der Waals surface area (Å²) < 4.78 is 5.38. The summed E-state index contributed by atoms with van der Waals surface area (Å²) in [5, 5.41) is 6.32. The van der Waals surface area contributed by atoms with Crippen LogP contribution in [0.1, 0.15) is 38.8 Å². The molecule has 2 unspecified atom stereocenters. The number of ether oxygens (including phenoxy) is 1. The average molecular weight is 367 g/mol. The highest BCUT2D eigenvalue weighted by atomic mass is 16.5. The summed E-state index contributed by atoms with van der Waals surface area (Å²) in [4.78, 5) is 25.2. The van der Waals surface area contributed by atoms with Crippen LogP contribution < -0.4 is 20.3 Å². The molecule has 0 radical (unpaired) electrons. The fourth-order valence-electron chi connectivity index (χ4n) is 3.64. The number of nitrogens with one attached hydrogen (secondary N) is 2. The largest absolute Gasteiger partial charge is 0.497 e. The average Bonchev–Trinajstić information content (AvgIpc) is 2.62. The van der Waals surface area contributed by atoms with Crippen molar-refractivity contribution in [1.29, 1.82) is 0 Å². The monoisotopic (exact) mass is 367 g/mol. The summed E-state index contributed by atoms with van der Waals surface area (Å²) in [5.74, 6) is 0.703. The van der Waals surface area contributed by atoms with Crippen molar-refractivity contribution < 1.29 is 14.3 Å². The Bertz CT molecular complexity index is 848. The van der Waals surface area contributed by atoms with Crippen LogP contribution in [-0.4, -0.2) is 25.0 Å². The zero-order chi connectivity index (χ0) is 19.6. The maximum Gasteiger partial charge on any atom is 0.224 e. The fourth-order valence-corrected chi connectivity index (χ4v) is 3.64. The van der Waals surface area contributed by atoms with E-state index in [9.17, 15) is 9.59 Å². The number of benzene rings is 2. The molecule has 2 aromatic rings. The highest BCUT2D eigenvalue weighted by molar-refractivity contribution is 5.94. The van der Waals surface area contributed by atoms with Gasteiger partial charge in [-0.2, -0.15) is 0 Å². The molecule has 1 heterocycles. The first-order valence-corrected chi connectivity index (χ1v) is 9.01. The third-order valence-corrected chi connectivity index (χ3v) is 4.77. The molecule has 2 N–H and O–H groups in total. The van der Waals surface area contributed by atoms with Gasteiger partial charge in [0.1, 0.15) is 5.75 Å². The number of fused-ring (bicyclic) bond motifs is 1. The van der Waals surface area contributed by atoms with E-state index in [4.69, 9.17) is 4.74 Å². The Hall–Kier alpha value is -3.02. The number of rotatable bonds is 4. The topological polar surface area (TPSA) is 70.7 Å². The van der Waals surface area contributed by atoms with Crippen molar-refractivity contribution in [2.24, 2.45) is 0 Å². The number of amides is 2. The second-order valence-corrected chi connectivity index (χ2v) is 6.85. The molecule has 2 amide bonds. The van der Waals surface area contributed by atoms with Crippen LogP contribution in [0.4, 0.5) is 17.1 Å². The Labute approximate surface area is 159 Å². The minimum atomic E-state index is -0.0952. The highest BCUT2D eigenvalue weighted by Gasteiger charge is 2.32. The van der Waals surface area contributed by atoms with Gasteiger partial charge in [0.15, 0.2) is 0 Å². The lowest BCUT2D eigenvalue weighted by atomic mass is 9.91. The molecule has 0 aliphatic carbocycles. The van der Waals surface area contributed by atoms with E-state index in [-0.39, 0.29) is 23.9 Å². The quantitative estimate of drug-likeness (QED) is 0.858. The molecule has 0 aromatic heterocycles. The molecule has 0 spiro atoms. The van der Waals surface area contributed by atoms with Crippen molar-refractivity contribution in [3.63, 3.8) is 0 Å². The summed E-state index contributed by atoms with van der Waals surface area (Å²) in [6.07, 6.45) is 0.785. The minimum Gasteiger partial charge on any atom is -0.497 e. The third-order valence-electron chi connectivity index (χ3n) is 4.77. The lowest BCUT2D eigenvalue weighted by molar-refractivity contribution is -0.117. The van der Waals surface area contributed by atoms with Crippen LogP contribution in [0.2, 0.25) is 0 Å². The molecule has 0 saturated carbocycles. The molecule has 2 atom stereocenters. The van der Waals surface area contributed by atoms with Crippen molar-refractivity contribution >= 4 is 28.9 Å². The van der Waals surface area contributed by atoms with E-state index in [0.29, 0.717) is 0 Å². The van der Waals surface area contributed by atoms with E-state index >= 15 is 0 Å². The summed E-state index contributed by atoms with van der Waals surface area (Å²) in [6, 6.07) is 13.5. The van der Waals surface area contributed by atoms with Crippen LogP contribution in [0.3, 0.4) is 0 Å². The number of methoxy groups -OCH3 is 1. The van der Waals surface area contributed by atoms with Gasteiger partial charge in [0.25, 0.3) is 0 Å². The minimum absolute atomic E-state index is 0.0343. The van der Waals surface area contributed by atoms with Crippen LogP contribution in [0.15, 0.2) is 42.5 Å². The normalized spacial score (nSPS) is 18.4. The molecule has 3 rings (SSSR count). The van der Waals surface area contributed by atoms with Crippen molar-refractivity contribution in [3.05, 3.63) is 48.0 Å². The molecule has 142 valence electrons. The maximum absolute atomic E-state index is 12.2. The Balaban J connectivity index is 1.90. The summed E-state index contributed by atoms with van der Waals surface area (Å²) >= 11 is 0. The lowest BCUT2D eigenvalue weighted by Crippen LogP contribution is -2.43. The van der Waals surface area contributed by atoms with Gasteiger partial charge < -0.3 is 20.3 Å². The molecule has 1 aliphatic rings. The SMILES string of the molecule is COc1ccc2c(c1)C(Nc1ccc(NC(C)=O)cc1)CC(C)N2C(C)=O. The first-order chi connectivity index (χ1) is 12.9. The maximum atomic E-state index is 12.2. The van der Waals surface area contributed by atoms with E-state index in [1.807, 2.05) is 47.4 Å². The number of nitrogens with zero attached hydrogens (tertiary/aromatic N) is 1. The van der Waals surface area contributed by atoms with Gasteiger partial charge in [-0.05, 0) is 55.8 Å². The summed E-state index contributed by atoms with van der Waals surface area (Å²) in [6.45, 7) is 5.14. The van der Waals surface area contributed by atoms with Crippen molar-refractivity contribution in [3.8, 4) is 5.75 Å². The highest BCUT2D eigenvalue weighted by Crippen LogP contribution is 2.40. The van der Waals surface area contributed by atoms with E-state index < -0.39 is 0 Å². The van der Waals surface area contributed by atoms with Crippen molar-refractivity contribution in [2.45, 2.75) is 39.3 Å². The van der Waals surface area contributed by atoms with Gasteiger partial charge in [-0.1, -0.05) is 0 Å². The fraction of sp³-hybridized carbons (Fsp3) is 0.333. The number of hydrogen-bond donors (Lipinski definition) is 2. The molecule has 1 aliphatic heterocycles. The Morgan fingerprint density at radius 3 is 2.33 bits per heavy atom. The third kappa shape index (κ3) is 4.05. The Kier molecular flexibility index (Phi) is 5.35. The van der Waals surface area contributed by atoms with Crippen LogP contribution in [-0.2, 0) is 9.59 Å². The molecule has 2 aromatic carbocycles. The Morgan fingerprint density at radius 2 is 1.74 bits per heavy atom. The number of anilines is 3. The first kappa shape index (κ1) is 18.8. The first-order valence-electron chi connectivity index (χ1n) is 9.01. The Morgan fingerprint density at radius 1 is 1.07 bits per heavy atom. The molecule has 0 fully saturated rings. The van der Waals surface area contributed by atoms with Gasteiger partial charge in [-0.3, -0.25) is 9.59 Å². The number of carbonyl (C=O) groups excluding carboxylic acids is 2. The zero-order valence-corrected chi connectivity index (χ0v) is 16.1. The molecule has 27 heavy (non-hydrogen) atoms. The van der Waals surface area contributed by atoms with Crippen LogP contribution in [0.25, 0.3) is 0 Å².